The second-order valence-electron chi connectivity index (χ2n) is 4.65. The molecule has 1 amide bonds. The predicted octanol–water partition coefficient (Wildman–Crippen LogP) is 1.47. The van der Waals surface area contributed by atoms with Gasteiger partial charge in [-0.05, 0) is 32.0 Å². The zero-order chi connectivity index (χ0) is 14.7. The molecular weight excluding hydrogens is 258 g/mol. The van der Waals surface area contributed by atoms with Gasteiger partial charge in [0.15, 0.2) is 0 Å². The van der Waals surface area contributed by atoms with E-state index >= 15 is 0 Å². The summed E-state index contributed by atoms with van der Waals surface area (Å²) in [5, 5.41) is 11.6. The monoisotopic (exact) mass is 273 g/mol. The minimum atomic E-state index is -0.942. The number of carboxylic acid groups (broad SMARTS) is 1. The molecule has 0 aliphatic rings. The van der Waals surface area contributed by atoms with Crippen LogP contribution in [0.1, 0.15) is 24.2 Å². The molecule has 2 atom stereocenters. The molecule has 104 valence electrons. The van der Waals surface area contributed by atoms with Crippen molar-refractivity contribution < 1.29 is 14.7 Å². The van der Waals surface area contributed by atoms with Crippen LogP contribution in [0.5, 0.6) is 0 Å². The molecule has 2 unspecified atom stereocenters. The van der Waals surface area contributed by atoms with Gasteiger partial charge in [0.05, 0.1) is 17.0 Å². The van der Waals surface area contributed by atoms with E-state index in [1.54, 1.807) is 44.4 Å². The van der Waals surface area contributed by atoms with E-state index < -0.39 is 17.9 Å². The number of carbonyl (C=O) groups excluding carboxylic acids is 1. The van der Waals surface area contributed by atoms with Gasteiger partial charge >= 0.3 is 5.97 Å². The molecule has 0 spiro atoms. The molecule has 0 aliphatic heterocycles. The summed E-state index contributed by atoms with van der Waals surface area (Å²) in [7, 11) is 0. The summed E-state index contributed by atoms with van der Waals surface area (Å²) < 4.78 is 0. The third-order valence-corrected chi connectivity index (χ3v) is 3.23. The molecule has 20 heavy (non-hydrogen) atoms. The van der Waals surface area contributed by atoms with Crippen LogP contribution in [0.25, 0.3) is 11.0 Å². The number of nitrogens with zero attached hydrogens (tertiary/aromatic N) is 2. The van der Waals surface area contributed by atoms with E-state index in [2.05, 4.69) is 15.3 Å². The van der Waals surface area contributed by atoms with Crippen molar-refractivity contribution in [2.24, 2.45) is 5.92 Å². The maximum atomic E-state index is 12.1. The number of aliphatic carboxylic acids is 1. The summed E-state index contributed by atoms with van der Waals surface area (Å²) in [5.41, 5.74) is 1.76. The van der Waals surface area contributed by atoms with Gasteiger partial charge in [-0.2, -0.15) is 0 Å². The van der Waals surface area contributed by atoms with E-state index in [0.717, 1.165) is 0 Å². The van der Waals surface area contributed by atoms with E-state index in [1.165, 1.54) is 0 Å². The summed E-state index contributed by atoms with van der Waals surface area (Å²) in [5.74, 6) is -1.92. The standard InChI is InChI=1S/C14H15N3O3/c1-8(14(19)20)9(2)17-13(18)10-3-4-11-12(7-10)16-6-5-15-11/h3-9H,1-2H3,(H,17,18)(H,19,20). The van der Waals surface area contributed by atoms with Crippen LogP contribution in [0.15, 0.2) is 30.6 Å². The number of hydrogen-bond acceptors (Lipinski definition) is 4. The first-order chi connectivity index (χ1) is 9.49. The van der Waals surface area contributed by atoms with Crippen LogP contribution in [0, 0.1) is 5.92 Å². The molecule has 0 radical (unpaired) electrons. The Morgan fingerprint density at radius 2 is 1.80 bits per heavy atom. The maximum Gasteiger partial charge on any atom is 0.308 e. The average Bonchev–Trinajstić information content (AvgIpc) is 2.45. The second kappa shape index (κ2) is 5.64. The Hall–Kier alpha value is -2.50. The van der Waals surface area contributed by atoms with E-state index in [-0.39, 0.29) is 5.91 Å². The number of nitrogens with one attached hydrogen (secondary N) is 1. The number of carboxylic acids is 1. The molecular formula is C14H15N3O3. The summed E-state index contributed by atoms with van der Waals surface area (Å²) in [4.78, 5) is 31.2. The van der Waals surface area contributed by atoms with Gasteiger partial charge in [0, 0.05) is 24.0 Å². The van der Waals surface area contributed by atoms with Gasteiger partial charge in [-0.1, -0.05) is 0 Å². The lowest BCUT2D eigenvalue weighted by Crippen LogP contribution is -2.40. The fourth-order valence-electron chi connectivity index (χ4n) is 1.73. The van der Waals surface area contributed by atoms with Crippen molar-refractivity contribution in [3.63, 3.8) is 0 Å². The molecule has 0 bridgehead atoms. The Labute approximate surface area is 115 Å². The third kappa shape index (κ3) is 2.90. The predicted molar refractivity (Wildman–Crippen MR) is 73.3 cm³/mol. The van der Waals surface area contributed by atoms with Crippen molar-refractivity contribution in [2.45, 2.75) is 19.9 Å². The van der Waals surface area contributed by atoms with Crippen LogP contribution in [0.4, 0.5) is 0 Å². The van der Waals surface area contributed by atoms with Gasteiger partial charge in [0.25, 0.3) is 5.91 Å². The first-order valence-electron chi connectivity index (χ1n) is 6.23. The van der Waals surface area contributed by atoms with Crippen molar-refractivity contribution >= 4 is 22.9 Å². The zero-order valence-electron chi connectivity index (χ0n) is 11.2. The smallest absolute Gasteiger partial charge is 0.308 e. The molecule has 1 aromatic heterocycles. The minimum Gasteiger partial charge on any atom is -0.481 e. The molecule has 2 aromatic rings. The van der Waals surface area contributed by atoms with E-state index in [1.807, 2.05) is 0 Å². The Morgan fingerprint density at radius 1 is 1.15 bits per heavy atom. The Kier molecular flexibility index (Phi) is 3.93. The maximum absolute atomic E-state index is 12.1. The highest BCUT2D eigenvalue weighted by Gasteiger charge is 2.21. The first kappa shape index (κ1) is 13.9. The third-order valence-electron chi connectivity index (χ3n) is 3.23. The summed E-state index contributed by atoms with van der Waals surface area (Å²) in [6.07, 6.45) is 3.14. The van der Waals surface area contributed by atoms with Crippen molar-refractivity contribution in [3.8, 4) is 0 Å². The Bertz CT molecular complexity index is 657. The number of carbonyl (C=O) groups is 2. The van der Waals surface area contributed by atoms with E-state index in [9.17, 15) is 9.59 Å². The van der Waals surface area contributed by atoms with Crippen LogP contribution in [-0.2, 0) is 4.79 Å². The molecule has 2 N–H and O–H groups in total. The molecule has 6 heteroatoms. The molecule has 0 aliphatic carbocycles. The van der Waals surface area contributed by atoms with Gasteiger partial charge < -0.3 is 10.4 Å². The Balaban J connectivity index is 2.17. The molecule has 2 rings (SSSR count). The second-order valence-corrected chi connectivity index (χ2v) is 4.65. The topological polar surface area (TPSA) is 92.2 Å². The van der Waals surface area contributed by atoms with E-state index in [4.69, 9.17) is 5.11 Å². The van der Waals surface area contributed by atoms with Gasteiger partial charge in [0.1, 0.15) is 0 Å². The number of rotatable bonds is 4. The first-order valence-corrected chi connectivity index (χ1v) is 6.23. The average molecular weight is 273 g/mol. The Morgan fingerprint density at radius 3 is 2.45 bits per heavy atom. The molecule has 0 fully saturated rings. The number of hydrogen-bond donors (Lipinski definition) is 2. The highest BCUT2D eigenvalue weighted by molar-refractivity contribution is 5.97. The van der Waals surface area contributed by atoms with Crippen LogP contribution < -0.4 is 5.32 Å². The lowest BCUT2D eigenvalue weighted by atomic mass is 10.0. The fourth-order valence-corrected chi connectivity index (χ4v) is 1.73. The summed E-state index contributed by atoms with van der Waals surface area (Å²) >= 11 is 0. The van der Waals surface area contributed by atoms with Gasteiger partial charge in [-0.15, -0.1) is 0 Å². The quantitative estimate of drug-likeness (QED) is 0.880. The molecule has 1 aromatic carbocycles. The summed E-state index contributed by atoms with van der Waals surface area (Å²) in [6.45, 7) is 3.22. The van der Waals surface area contributed by atoms with Crippen molar-refractivity contribution in [1.29, 1.82) is 0 Å². The lowest BCUT2D eigenvalue weighted by Gasteiger charge is -2.17. The largest absolute Gasteiger partial charge is 0.481 e. The zero-order valence-corrected chi connectivity index (χ0v) is 11.2. The number of benzene rings is 1. The molecule has 6 nitrogen and oxygen atoms in total. The SMILES string of the molecule is CC(NC(=O)c1ccc2nccnc2c1)C(C)C(=O)O. The molecule has 0 saturated heterocycles. The van der Waals surface area contributed by atoms with Gasteiger partial charge in [-0.3, -0.25) is 19.6 Å². The number of aromatic nitrogens is 2. The fraction of sp³-hybridized carbons (Fsp3) is 0.286. The van der Waals surface area contributed by atoms with Gasteiger partial charge in [0.2, 0.25) is 0 Å². The number of amides is 1. The van der Waals surface area contributed by atoms with Crippen LogP contribution >= 0.6 is 0 Å². The van der Waals surface area contributed by atoms with E-state index in [0.29, 0.717) is 16.6 Å². The normalized spacial score (nSPS) is 13.7. The summed E-state index contributed by atoms with van der Waals surface area (Å²) in [6, 6.07) is 4.53. The van der Waals surface area contributed by atoms with Crippen LogP contribution in [0.2, 0.25) is 0 Å². The van der Waals surface area contributed by atoms with Crippen molar-refractivity contribution in [3.05, 3.63) is 36.2 Å². The minimum absolute atomic E-state index is 0.321. The van der Waals surface area contributed by atoms with Crippen LogP contribution in [0.3, 0.4) is 0 Å². The van der Waals surface area contributed by atoms with Crippen molar-refractivity contribution in [2.75, 3.05) is 0 Å². The number of fused-ring (bicyclic) bond motifs is 1. The van der Waals surface area contributed by atoms with Crippen molar-refractivity contribution in [1.82, 2.24) is 15.3 Å². The highest BCUT2D eigenvalue weighted by Crippen LogP contribution is 2.12. The van der Waals surface area contributed by atoms with Gasteiger partial charge in [-0.25, -0.2) is 0 Å². The lowest BCUT2D eigenvalue weighted by molar-refractivity contribution is -0.141. The molecule has 1 heterocycles. The highest BCUT2D eigenvalue weighted by atomic mass is 16.4. The molecule has 0 saturated carbocycles. The van der Waals surface area contributed by atoms with Crippen LogP contribution in [-0.4, -0.2) is 33.0 Å².